The van der Waals surface area contributed by atoms with Crippen molar-refractivity contribution < 1.29 is 29.0 Å². The molecule has 0 N–H and O–H groups in total. The summed E-state index contributed by atoms with van der Waals surface area (Å²) in [6, 6.07) is 22.2. The molecule has 15 nitrogen and oxygen atoms in total. The lowest BCUT2D eigenvalue weighted by atomic mass is 9.98. The Hall–Kier alpha value is -6.25. The third-order valence-corrected chi connectivity index (χ3v) is 7.93. The highest BCUT2D eigenvalue weighted by Gasteiger charge is 2.28. The van der Waals surface area contributed by atoms with Gasteiger partial charge in [-0.1, -0.05) is 72.8 Å². The van der Waals surface area contributed by atoms with Crippen LogP contribution in [0.2, 0.25) is 0 Å². The lowest BCUT2D eigenvalue weighted by Crippen LogP contribution is -2.36. The van der Waals surface area contributed by atoms with Crippen LogP contribution in [-0.2, 0) is 45.3 Å². The molecule has 0 aliphatic carbocycles. The van der Waals surface area contributed by atoms with Crippen molar-refractivity contribution in [1.82, 2.24) is 30.2 Å². The van der Waals surface area contributed by atoms with E-state index in [2.05, 4.69) is 30.2 Å². The molecule has 0 spiro atoms. The molecule has 1 unspecified atom stereocenters. The number of fused-ring (bicyclic) bond motifs is 1. The maximum atomic E-state index is 12.9. The molecule has 1 amide bonds. The summed E-state index contributed by atoms with van der Waals surface area (Å²) in [5.74, 6) is 1.69. The van der Waals surface area contributed by atoms with E-state index in [0.29, 0.717) is 48.0 Å². The molecule has 0 fully saturated rings. The number of rotatable bonds is 11. The largest absolute Gasteiger partial charge is 0.510 e. The molecule has 0 saturated heterocycles. The molecule has 1 aliphatic heterocycles. The van der Waals surface area contributed by atoms with Crippen molar-refractivity contribution in [2.75, 3.05) is 4.90 Å². The number of benzene rings is 3. The molecule has 1 atom stereocenters. The van der Waals surface area contributed by atoms with Gasteiger partial charge in [0.25, 0.3) is 5.09 Å². The van der Waals surface area contributed by atoms with Crippen LogP contribution in [0.25, 0.3) is 22.5 Å². The fraction of sp³-hybridized carbons (Fsp3) is 0.265. The second-order valence-corrected chi connectivity index (χ2v) is 11.4. The van der Waals surface area contributed by atoms with Gasteiger partial charge in [-0.2, -0.15) is 0 Å². The molecule has 0 bridgehead atoms. The van der Waals surface area contributed by atoms with Crippen LogP contribution in [-0.4, -0.2) is 47.3 Å². The highest BCUT2D eigenvalue weighted by atomic mass is 16.9. The van der Waals surface area contributed by atoms with E-state index in [1.54, 1.807) is 36.1 Å². The number of hydrogen-bond acceptors (Lipinski definition) is 12. The number of anilines is 1. The number of carbonyl (C=O) groups excluding carboxylic acids is 2. The molecule has 49 heavy (non-hydrogen) atoms. The van der Waals surface area contributed by atoms with E-state index >= 15 is 0 Å². The Labute approximate surface area is 280 Å². The zero-order valence-electron chi connectivity index (χ0n) is 27.0. The third-order valence-electron chi connectivity index (χ3n) is 7.93. The van der Waals surface area contributed by atoms with Gasteiger partial charge in [0.15, 0.2) is 0 Å². The lowest BCUT2D eigenvalue weighted by molar-refractivity contribution is -0.763. The van der Waals surface area contributed by atoms with Gasteiger partial charge in [0, 0.05) is 23.2 Å². The first kappa shape index (κ1) is 32.7. The maximum Gasteiger partial charge on any atom is 0.510 e. The SMILES string of the molecule is Cc1nc(C)c2c(n1)N(Cc1ccc(-c3ccccc3-c3nnn(C(C)OC(=O)OCc4cccc(CO[N+](=O)[O-])c4)n3)cc1)C(=O)CC2. The second kappa shape index (κ2) is 14.3. The molecule has 15 heteroatoms. The zero-order chi connectivity index (χ0) is 34.5. The van der Waals surface area contributed by atoms with E-state index < -0.39 is 17.5 Å². The number of carbonyl (C=O) groups is 2. The summed E-state index contributed by atoms with van der Waals surface area (Å²) in [5, 5.41) is 22.3. The van der Waals surface area contributed by atoms with Crippen LogP contribution in [0.1, 0.15) is 53.3 Å². The van der Waals surface area contributed by atoms with Crippen LogP contribution in [0.15, 0.2) is 72.8 Å². The predicted molar refractivity (Wildman–Crippen MR) is 174 cm³/mol. The van der Waals surface area contributed by atoms with Gasteiger partial charge in [0.2, 0.25) is 18.0 Å². The number of aryl methyl sites for hydroxylation is 2. The normalized spacial score (nSPS) is 13.0. The van der Waals surface area contributed by atoms with Gasteiger partial charge in [-0.25, -0.2) is 14.8 Å². The van der Waals surface area contributed by atoms with Gasteiger partial charge >= 0.3 is 6.16 Å². The minimum Gasteiger partial charge on any atom is -0.429 e. The van der Waals surface area contributed by atoms with Crippen LogP contribution in [0, 0.1) is 24.0 Å². The average molecular weight is 665 g/mol. The second-order valence-electron chi connectivity index (χ2n) is 11.4. The number of tetrazole rings is 1. The quantitative estimate of drug-likeness (QED) is 0.0989. The number of amides is 1. The van der Waals surface area contributed by atoms with E-state index in [0.717, 1.165) is 33.5 Å². The van der Waals surface area contributed by atoms with Crippen molar-refractivity contribution in [1.29, 1.82) is 0 Å². The van der Waals surface area contributed by atoms with Crippen LogP contribution >= 0.6 is 0 Å². The van der Waals surface area contributed by atoms with Crippen molar-refractivity contribution in [2.45, 2.75) is 59.6 Å². The van der Waals surface area contributed by atoms with E-state index in [-0.39, 0.29) is 19.1 Å². The van der Waals surface area contributed by atoms with Crippen molar-refractivity contribution in [3.8, 4) is 22.5 Å². The molecule has 2 aromatic heterocycles. The summed E-state index contributed by atoms with van der Waals surface area (Å²) in [7, 11) is 0. The molecule has 250 valence electrons. The summed E-state index contributed by atoms with van der Waals surface area (Å²) in [4.78, 5) is 52.1. The van der Waals surface area contributed by atoms with Crippen LogP contribution < -0.4 is 4.90 Å². The molecule has 5 aromatic rings. The smallest absolute Gasteiger partial charge is 0.429 e. The summed E-state index contributed by atoms with van der Waals surface area (Å²) >= 11 is 0. The minimum absolute atomic E-state index is 0.0350. The minimum atomic E-state index is -0.953. The molecule has 3 heterocycles. The van der Waals surface area contributed by atoms with Crippen molar-refractivity contribution in [3.63, 3.8) is 0 Å². The summed E-state index contributed by atoms with van der Waals surface area (Å²) in [5.41, 5.74) is 6.53. The fourth-order valence-corrected chi connectivity index (χ4v) is 5.57. The highest BCUT2D eigenvalue weighted by Crippen LogP contribution is 2.32. The van der Waals surface area contributed by atoms with Crippen molar-refractivity contribution in [3.05, 3.63) is 117 Å². The Morgan fingerprint density at radius 3 is 2.43 bits per heavy atom. The predicted octanol–water partition coefficient (Wildman–Crippen LogP) is 5.47. The molecule has 0 radical (unpaired) electrons. The molecular weight excluding hydrogens is 632 g/mol. The summed E-state index contributed by atoms with van der Waals surface area (Å²) in [6.45, 7) is 5.42. The van der Waals surface area contributed by atoms with Gasteiger partial charge in [-0.3, -0.25) is 9.69 Å². The van der Waals surface area contributed by atoms with E-state index in [1.165, 1.54) is 4.80 Å². The Morgan fingerprint density at radius 2 is 1.67 bits per heavy atom. The topological polar surface area (TPSA) is 178 Å². The summed E-state index contributed by atoms with van der Waals surface area (Å²) in [6.07, 6.45) is -0.820. The number of aromatic nitrogens is 6. The monoisotopic (exact) mass is 664 g/mol. The molecular formula is C34H32N8O7. The van der Waals surface area contributed by atoms with E-state index in [9.17, 15) is 19.7 Å². The van der Waals surface area contributed by atoms with Gasteiger partial charge in [-0.15, -0.1) is 25.1 Å². The zero-order valence-corrected chi connectivity index (χ0v) is 27.0. The van der Waals surface area contributed by atoms with Crippen LogP contribution in [0.3, 0.4) is 0 Å². The first-order valence-electron chi connectivity index (χ1n) is 15.5. The van der Waals surface area contributed by atoms with Crippen molar-refractivity contribution in [2.24, 2.45) is 0 Å². The van der Waals surface area contributed by atoms with Crippen LogP contribution in [0.4, 0.5) is 10.6 Å². The Kier molecular flexibility index (Phi) is 9.50. The van der Waals surface area contributed by atoms with E-state index in [4.69, 9.17) is 9.47 Å². The average Bonchev–Trinajstić information content (AvgIpc) is 3.59. The third kappa shape index (κ3) is 7.67. The van der Waals surface area contributed by atoms with Crippen molar-refractivity contribution >= 4 is 17.9 Å². The van der Waals surface area contributed by atoms with Gasteiger partial charge in [-0.05, 0) is 60.2 Å². The Morgan fingerprint density at radius 1 is 0.939 bits per heavy atom. The number of ether oxygens (including phenoxy) is 2. The Bertz CT molecular complexity index is 2010. The molecule has 0 saturated carbocycles. The van der Waals surface area contributed by atoms with Gasteiger partial charge in [0.05, 0.1) is 6.54 Å². The standard InChI is InChI=1S/C34H32N8O7/c1-21-28-15-16-31(43)40(33(28)36-22(2)35-21)18-24-11-13-27(14-12-24)29-9-4-5-10-30(29)32-37-39-41(38-32)23(3)49-34(44)47-19-25-7-6-8-26(17-25)20-48-42(45)46/h4-14,17,23H,15-16,18-20H2,1-3H3. The summed E-state index contributed by atoms with van der Waals surface area (Å²) < 4.78 is 10.5. The highest BCUT2D eigenvalue weighted by molar-refractivity contribution is 5.95. The van der Waals surface area contributed by atoms with Gasteiger partial charge < -0.3 is 14.3 Å². The Balaban J connectivity index is 1.10. The van der Waals surface area contributed by atoms with Gasteiger partial charge in [0.1, 0.15) is 24.9 Å². The molecule has 6 rings (SSSR count). The first-order chi connectivity index (χ1) is 23.6. The molecule has 3 aromatic carbocycles. The molecule has 1 aliphatic rings. The fourth-order valence-electron chi connectivity index (χ4n) is 5.57. The lowest BCUT2D eigenvalue weighted by Gasteiger charge is -2.29. The van der Waals surface area contributed by atoms with E-state index in [1.807, 2.05) is 62.4 Å². The number of nitrogens with zero attached hydrogens (tertiary/aromatic N) is 8. The van der Waals surface area contributed by atoms with Crippen LogP contribution in [0.5, 0.6) is 0 Å². The maximum absolute atomic E-state index is 12.9. The first-order valence-corrected chi connectivity index (χ1v) is 15.5. The number of hydrogen-bond donors (Lipinski definition) is 0.